The number of hydrogen-bond donors (Lipinski definition) is 0. The van der Waals surface area contributed by atoms with Crippen molar-refractivity contribution in [2.24, 2.45) is 23.2 Å². The number of aryl methyl sites for hydroxylation is 1. The summed E-state index contributed by atoms with van der Waals surface area (Å²) in [5.74, 6) is 2.60. The number of benzene rings is 1. The Balaban J connectivity index is 1.68. The summed E-state index contributed by atoms with van der Waals surface area (Å²) >= 11 is 0. The Labute approximate surface area is 140 Å². The minimum absolute atomic E-state index is 0.0780. The molecule has 2 fully saturated rings. The van der Waals surface area contributed by atoms with Crippen molar-refractivity contribution in [3.8, 4) is 0 Å². The highest BCUT2D eigenvalue weighted by Gasteiger charge is 2.51. The SMILES string of the molecule is Cc1ccc2c(c1)N(C(=O)C13C[C@H](C)C[C@H](C[C@H](C)C1)C3)CC2. The summed E-state index contributed by atoms with van der Waals surface area (Å²) in [7, 11) is 0. The molecule has 1 heterocycles. The van der Waals surface area contributed by atoms with Gasteiger partial charge in [0.15, 0.2) is 0 Å². The van der Waals surface area contributed by atoms with Gasteiger partial charge >= 0.3 is 0 Å². The highest BCUT2D eigenvalue weighted by Crippen LogP contribution is 2.54. The van der Waals surface area contributed by atoms with Crippen LogP contribution in [0.2, 0.25) is 0 Å². The molecule has 1 aromatic rings. The Morgan fingerprint density at radius 2 is 1.83 bits per heavy atom. The molecule has 2 nitrogen and oxygen atoms in total. The van der Waals surface area contributed by atoms with Crippen molar-refractivity contribution in [1.29, 1.82) is 0 Å². The molecule has 0 saturated heterocycles. The molecule has 2 aliphatic carbocycles. The van der Waals surface area contributed by atoms with Gasteiger partial charge in [-0.25, -0.2) is 0 Å². The van der Waals surface area contributed by atoms with Crippen LogP contribution in [0.15, 0.2) is 18.2 Å². The predicted octanol–water partition coefficient (Wildman–Crippen LogP) is 4.74. The lowest BCUT2D eigenvalue weighted by Gasteiger charge is -2.50. The van der Waals surface area contributed by atoms with Gasteiger partial charge in [0, 0.05) is 12.2 Å². The van der Waals surface area contributed by atoms with Gasteiger partial charge in [-0.1, -0.05) is 26.0 Å². The first-order valence-corrected chi connectivity index (χ1v) is 9.38. The third kappa shape index (κ3) is 2.51. The first kappa shape index (κ1) is 15.2. The standard InChI is InChI=1S/C21H29NO/c1-14-4-5-18-6-7-22(19(18)10-14)20(23)21-11-15(2)8-17(13-21)9-16(3)12-21/h4-5,10,15-17H,6-9,11-13H2,1-3H3/t15-,16+,17-,21?. The number of carbonyl (C=O) groups excluding carboxylic acids is 1. The average Bonchev–Trinajstić information content (AvgIpc) is 2.87. The number of nitrogens with zero attached hydrogens (tertiary/aromatic N) is 1. The van der Waals surface area contributed by atoms with E-state index in [0.717, 1.165) is 38.1 Å². The molecule has 4 atom stereocenters. The molecule has 1 aliphatic heterocycles. The van der Waals surface area contributed by atoms with Gasteiger partial charge in [0.05, 0.1) is 5.41 Å². The van der Waals surface area contributed by atoms with Crippen LogP contribution < -0.4 is 4.90 Å². The summed E-state index contributed by atoms with van der Waals surface area (Å²) in [4.78, 5) is 15.8. The number of hydrogen-bond acceptors (Lipinski definition) is 1. The van der Waals surface area contributed by atoms with Gasteiger partial charge in [-0.15, -0.1) is 0 Å². The van der Waals surface area contributed by atoms with Crippen LogP contribution in [0.3, 0.4) is 0 Å². The van der Waals surface area contributed by atoms with Gasteiger partial charge in [0.25, 0.3) is 0 Å². The topological polar surface area (TPSA) is 20.3 Å². The second-order valence-corrected chi connectivity index (χ2v) is 8.78. The summed E-state index contributed by atoms with van der Waals surface area (Å²) in [6, 6.07) is 6.60. The van der Waals surface area contributed by atoms with Gasteiger partial charge in [0.2, 0.25) is 5.91 Å². The molecule has 2 heteroatoms. The number of amides is 1. The Bertz CT molecular complexity index is 615. The normalized spacial score (nSPS) is 36.0. The second-order valence-electron chi connectivity index (χ2n) is 8.78. The Morgan fingerprint density at radius 3 is 2.52 bits per heavy atom. The number of fused-ring (bicyclic) bond motifs is 3. The first-order valence-electron chi connectivity index (χ1n) is 9.38. The van der Waals surface area contributed by atoms with Crippen LogP contribution in [0, 0.1) is 30.1 Å². The van der Waals surface area contributed by atoms with E-state index in [1.807, 2.05) is 0 Å². The van der Waals surface area contributed by atoms with E-state index >= 15 is 0 Å². The van der Waals surface area contributed by atoms with E-state index in [0.29, 0.717) is 17.7 Å². The molecule has 0 spiro atoms. The van der Waals surface area contributed by atoms with Gasteiger partial charge in [-0.3, -0.25) is 4.79 Å². The van der Waals surface area contributed by atoms with Crippen LogP contribution in [-0.4, -0.2) is 12.5 Å². The molecule has 23 heavy (non-hydrogen) atoms. The van der Waals surface area contributed by atoms with Gasteiger partial charge in [-0.05, 0) is 80.4 Å². The lowest BCUT2D eigenvalue weighted by Crippen LogP contribution is -2.50. The average molecular weight is 311 g/mol. The Morgan fingerprint density at radius 1 is 1.13 bits per heavy atom. The van der Waals surface area contributed by atoms with E-state index in [1.165, 1.54) is 29.7 Å². The second kappa shape index (κ2) is 5.36. The van der Waals surface area contributed by atoms with Crippen molar-refractivity contribution in [3.63, 3.8) is 0 Å². The zero-order chi connectivity index (χ0) is 16.2. The van der Waals surface area contributed by atoms with E-state index in [4.69, 9.17) is 0 Å². The molecule has 3 aliphatic rings. The summed E-state index contributed by atoms with van der Waals surface area (Å²) in [6.07, 6.45) is 7.02. The van der Waals surface area contributed by atoms with Crippen LogP contribution in [0.1, 0.15) is 57.1 Å². The Kier molecular flexibility index (Phi) is 3.55. The summed E-state index contributed by atoms with van der Waals surface area (Å²) < 4.78 is 0. The van der Waals surface area contributed by atoms with E-state index < -0.39 is 0 Å². The fraction of sp³-hybridized carbons (Fsp3) is 0.667. The molecule has 0 aromatic heterocycles. The van der Waals surface area contributed by atoms with Crippen LogP contribution in [0.25, 0.3) is 0 Å². The van der Waals surface area contributed by atoms with Gasteiger partial charge in [0.1, 0.15) is 0 Å². The highest BCUT2D eigenvalue weighted by molar-refractivity contribution is 5.99. The van der Waals surface area contributed by atoms with Crippen molar-refractivity contribution in [3.05, 3.63) is 29.3 Å². The fourth-order valence-corrected chi connectivity index (χ4v) is 5.95. The van der Waals surface area contributed by atoms with Crippen molar-refractivity contribution in [1.82, 2.24) is 0 Å². The first-order chi connectivity index (χ1) is 11.0. The zero-order valence-corrected chi connectivity index (χ0v) is 14.8. The van der Waals surface area contributed by atoms with Crippen LogP contribution >= 0.6 is 0 Å². The molecule has 1 amide bonds. The molecule has 1 unspecified atom stereocenters. The molecule has 0 radical (unpaired) electrons. The van der Waals surface area contributed by atoms with E-state index in [9.17, 15) is 4.79 Å². The van der Waals surface area contributed by atoms with Crippen molar-refractivity contribution >= 4 is 11.6 Å². The van der Waals surface area contributed by atoms with E-state index in [2.05, 4.69) is 43.9 Å². The molecular weight excluding hydrogens is 282 g/mol. The highest BCUT2D eigenvalue weighted by atomic mass is 16.2. The van der Waals surface area contributed by atoms with Crippen LogP contribution in [0.4, 0.5) is 5.69 Å². The van der Waals surface area contributed by atoms with Gasteiger partial charge in [-0.2, -0.15) is 0 Å². The maximum atomic E-state index is 13.6. The van der Waals surface area contributed by atoms with Gasteiger partial charge < -0.3 is 4.90 Å². The number of anilines is 1. The predicted molar refractivity (Wildman–Crippen MR) is 94.6 cm³/mol. The third-order valence-electron chi connectivity index (χ3n) is 6.46. The minimum Gasteiger partial charge on any atom is -0.311 e. The summed E-state index contributed by atoms with van der Waals surface area (Å²) in [5.41, 5.74) is 3.72. The molecule has 124 valence electrons. The van der Waals surface area contributed by atoms with E-state index in [-0.39, 0.29) is 5.41 Å². The maximum Gasteiger partial charge on any atom is 0.233 e. The van der Waals surface area contributed by atoms with Crippen LogP contribution in [-0.2, 0) is 11.2 Å². The monoisotopic (exact) mass is 311 g/mol. The number of rotatable bonds is 1. The number of carbonyl (C=O) groups is 1. The molecule has 1 aromatic carbocycles. The van der Waals surface area contributed by atoms with Crippen molar-refractivity contribution in [2.75, 3.05) is 11.4 Å². The molecule has 4 rings (SSSR count). The summed E-state index contributed by atoms with van der Waals surface area (Å²) in [5, 5.41) is 0. The van der Waals surface area contributed by atoms with Crippen LogP contribution in [0.5, 0.6) is 0 Å². The quantitative estimate of drug-likeness (QED) is 0.734. The lowest BCUT2D eigenvalue weighted by molar-refractivity contribution is -0.136. The smallest absolute Gasteiger partial charge is 0.233 e. The minimum atomic E-state index is -0.0780. The lowest BCUT2D eigenvalue weighted by atomic mass is 9.56. The van der Waals surface area contributed by atoms with Crippen molar-refractivity contribution < 1.29 is 4.79 Å². The molecule has 2 saturated carbocycles. The molecular formula is C21H29NO. The Hall–Kier alpha value is -1.31. The zero-order valence-electron chi connectivity index (χ0n) is 14.8. The maximum absolute atomic E-state index is 13.6. The summed E-state index contributed by atoms with van der Waals surface area (Å²) in [6.45, 7) is 7.71. The third-order valence-corrected chi connectivity index (χ3v) is 6.46. The molecule has 2 bridgehead atoms. The molecule has 0 N–H and O–H groups in total. The largest absolute Gasteiger partial charge is 0.311 e. The van der Waals surface area contributed by atoms with E-state index in [1.54, 1.807) is 0 Å². The van der Waals surface area contributed by atoms with Crippen molar-refractivity contribution in [2.45, 2.75) is 59.3 Å². The fourth-order valence-electron chi connectivity index (χ4n) is 5.95.